The average Bonchev–Trinajstić information content (AvgIpc) is 2.09. The van der Waals surface area contributed by atoms with E-state index in [0.29, 0.717) is 11.8 Å². The summed E-state index contributed by atoms with van der Waals surface area (Å²) in [4.78, 5) is 0. The quantitative estimate of drug-likeness (QED) is 0.368. The molecule has 0 aliphatic carbocycles. The van der Waals surface area contributed by atoms with E-state index in [9.17, 15) is 0 Å². The molecule has 0 N–H and O–H groups in total. The standard InChI is InChI=1S/C13H20S/c1-11(2)7-5-6-8-13(9-10-14)12(3)4/h5-12H,1-4H3/b7-5+,8-6-,13-9-. The molecular weight excluding hydrogens is 188 g/mol. The minimum Gasteiger partial charge on any atom is -0.0887 e. The summed E-state index contributed by atoms with van der Waals surface area (Å²) in [6, 6.07) is 0. The van der Waals surface area contributed by atoms with Gasteiger partial charge in [-0.3, -0.25) is 0 Å². The second-order valence-electron chi connectivity index (χ2n) is 3.95. The van der Waals surface area contributed by atoms with Gasteiger partial charge >= 0.3 is 0 Å². The first-order chi connectivity index (χ1) is 6.57. The van der Waals surface area contributed by atoms with Crippen LogP contribution in [0.15, 0.2) is 36.0 Å². The molecule has 0 radical (unpaired) electrons. The maximum atomic E-state index is 4.81. The van der Waals surface area contributed by atoms with E-state index >= 15 is 0 Å². The van der Waals surface area contributed by atoms with Gasteiger partial charge in [0, 0.05) is 5.37 Å². The fourth-order valence-electron chi connectivity index (χ4n) is 0.972. The topological polar surface area (TPSA) is 0 Å². The Labute approximate surface area is 93.4 Å². The highest BCUT2D eigenvalue weighted by Crippen LogP contribution is 2.10. The summed E-state index contributed by atoms with van der Waals surface area (Å²) < 4.78 is 0. The molecule has 0 heterocycles. The zero-order valence-electron chi connectivity index (χ0n) is 9.53. The molecular formula is C13H20S. The van der Waals surface area contributed by atoms with Gasteiger partial charge < -0.3 is 0 Å². The molecule has 0 fully saturated rings. The predicted octanol–water partition coefficient (Wildman–Crippen LogP) is 4.34. The molecule has 0 amide bonds. The van der Waals surface area contributed by atoms with Crippen LogP contribution in [-0.4, -0.2) is 5.37 Å². The van der Waals surface area contributed by atoms with Crippen molar-refractivity contribution in [1.82, 2.24) is 0 Å². The Morgan fingerprint density at radius 2 is 1.71 bits per heavy atom. The highest BCUT2D eigenvalue weighted by Gasteiger charge is 1.95. The molecule has 0 aliphatic heterocycles. The third kappa shape index (κ3) is 6.79. The van der Waals surface area contributed by atoms with Crippen LogP contribution < -0.4 is 0 Å². The van der Waals surface area contributed by atoms with Crippen molar-refractivity contribution in [2.45, 2.75) is 27.7 Å². The number of thiocarbonyl (C=S) groups is 1. The molecule has 0 bridgehead atoms. The molecule has 0 atom stereocenters. The lowest BCUT2D eigenvalue weighted by Gasteiger charge is -2.03. The molecule has 0 rings (SSSR count). The third-order valence-electron chi connectivity index (χ3n) is 1.82. The molecule has 0 nitrogen and oxygen atoms in total. The first-order valence-electron chi connectivity index (χ1n) is 5.08. The minimum absolute atomic E-state index is 0.526. The zero-order valence-corrected chi connectivity index (χ0v) is 10.3. The van der Waals surface area contributed by atoms with Crippen molar-refractivity contribution in [3.05, 3.63) is 36.0 Å². The van der Waals surface area contributed by atoms with E-state index in [1.165, 1.54) is 5.57 Å². The van der Waals surface area contributed by atoms with Gasteiger partial charge in [0.15, 0.2) is 0 Å². The van der Waals surface area contributed by atoms with E-state index in [1.54, 1.807) is 5.37 Å². The summed E-state index contributed by atoms with van der Waals surface area (Å²) in [6.45, 7) is 8.67. The summed E-state index contributed by atoms with van der Waals surface area (Å²) >= 11 is 4.81. The fourth-order valence-corrected chi connectivity index (χ4v) is 1.13. The smallest absolute Gasteiger partial charge is 0.00163 e. The minimum atomic E-state index is 0.526. The van der Waals surface area contributed by atoms with Gasteiger partial charge in [0.1, 0.15) is 0 Å². The van der Waals surface area contributed by atoms with Crippen LogP contribution in [0.3, 0.4) is 0 Å². The monoisotopic (exact) mass is 208 g/mol. The Balaban J connectivity index is 4.31. The maximum Gasteiger partial charge on any atom is 0.00163 e. The normalized spacial score (nSPS) is 13.7. The van der Waals surface area contributed by atoms with Crippen molar-refractivity contribution in [3.63, 3.8) is 0 Å². The van der Waals surface area contributed by atoms with Gasteiger partial charge in [-0.15, -0.1) is 0 Å². The molecule has 0 aromatic heterocycles. The maximum absolute atomic E-state index is 4.81. The second kappa shape index (κ2) is 7.69. The SMILES string of the molecule is CC(C)/C=C/C=C\C(=C\C=S)C(C)C. The number of rotatable bonds is 5. The van der Waals surface area contributed by atoms with Crippen LogP contribution in [0, 0.1) is 11.8 Å². The number of allylic oxidation sites excluding steroid dienone is 6. The molecule has 14 heavy (non-hydrogen) atoms. The van der Waals surface area contributed by atoms with Crippen molar-refractivity contribution in [3.8, 4) is 0 Å². The molecule has 0 aromatic carbocycles. The lowest BCUT2D eigenvalue weighted by Crippen LogP contribution is -1.90. The highest BCUT2D eigenvalue weighted by molar-refractivity contribution is 7.79. The predicted molar refractivity (Wildman–Crippen MR) is 69.7 cm³/mol. The number of hydrogen-bond donors (Lipinski definition) is 0. The van der Waals surface area contributed by atoms with E-state index in [1.807, 2.05) is 6.08 Å². The van der Waals surface area contributed by atoms with Crippen molar-refractivity contribution in [2.24, 2.45) is 11.8 Å². The molecule has 0 saturated heterocycles. The van der Waals surface area contributed by atoms with E-state index in [-0.39, 0.29) is 0 Å². The van der Waals surface area contributed by atoms with Crippen LogP contribution in [0.2, 0.25) is 0 Å². The zero-order chi connectivity index (χ0) is 11.0. The second-order valence-corrected chi connectivity index (χ2v) is 4.22. The van der Waals surface area contributed by atoms with Gasteiger partial charge in [0.2, 0.25) is 0 Å². The molecule has 0 aromatic rings. The Bertz CT molecular complexity index is 242. The first-order valence-corrected chi connectivity index (χ1v) is 5.55. The van der Waals surface area contributed by atoms with E-state index < -0.39 is 0 Å². The van der Waals surface area contributed by atoms with Gasteiger partial charge in [-0.05, 0) is 23.5 Å². The largest absolute Gasteiger partial charge is 0.0887 e. The fraction of sp³-hybridized carbons (Fsp3) is 0.462. The van der Waals surface area contributed by atoms with Crippen LogP contribution in [0.5, 0.6) is 0 Å². The summed E-state index contributed by atoms with van der Waals surface area (Å²) in [5.41, 5.74) is 1.27. The van der Waals surface area contributed by atoms with E-state index in [4.69, 9.17) is 12.2 Å². The van der Waals surface area contributed by atoms with Gasteiger partial charge in [-0.2, -0.15) is 0 Å². The first kappa shape index (κ1) is 13.3. The molecule has 78 valence electrons. The van der Waals surface area contributed by atoms with Gasteiger partial charge in [0.05, 0.1) is 0 Å². The van der Waals surface area contributed by atoms with Crippen LogP contribution in [0.4, 0.5) is 0 Å². The van der Waals surface area contributed by atoms with E-state index in [0.717, 1.165) is 0 Å². The lowest BCUT2D eigenvalue weighted by atomic mass is 10.0. The summed E-state index contributed by atoms with van der Waals surface area (Å²) in [6.07, 6.45) is 10.4. The summed E-state index contributed by atoms with van der Waals surface area (Å²) in [7, 11) is 0. The molecule has 0 saturated carbocycles. The van der Waals surface area contributed by atoms with Crippen LogP contribution in [-0.2, 0) is 0 Å². The third-order valence-corrected chi connectivity index (χ3v) is 1.96. The Kier molecular flexibility index (Phi) is 7.31. The number of hydrogen-bond acceptors (Lipinski definition) is 1. The summed E-state index contributed by atoms with van der Waals surface area (Å²) in [5, 5.41) is 1.67. The van der Waals surface area contributed by atoms with Crippen molar-refractivity contribution >= 4 is 17.6 Å². The van der Waals surface area contributed by atoms with Gasteiger partial charge in [-0.25, -0.2) is 0 Å². The van der Waals surface area contributed by atoms with Gasteiger partial charge in [0.25, 0.3) is 0 Å². The van der Waals surface area contributed by atoms with Crippen LogP contribution in [0.25, 0.3) is 0 Å². The highest BCUT2D eigenvalue weighted by atomic mass is 32.1. The molecule has 0 aliphatic rings. The molecule has 0 unspecified atom stereocenters. The molecule has 1 heteroatoms. The Morgan fingerprint density at radius 1 is 1.07 bits per heavy atom. The van der Waals surface area contributed by atoms with Crippen molar-refractivity contribution in [2.75, 3.05) is 0 Å². The molecule has 0 spiro atoms. The van der Waals surface area contributed by atoms with Crippen molar-refractivity contribution in [1.29, 1.82) is 0 Å². The van der Waals surface area contributed by atoms with Crippen LogP contribution in [0.1, 0.15) is 27.7 Å². The Morgan fingerprint density at radius 3 is 2.14 bits per heavy atom. The van der Waals surface area contributed by atoms with Crippen molar-refractivity contribution < 1.29 is 0 Å². The summed E-state index contributed by atoms with van der Waals surface area (Å²) in [5.74, 6) is 1.13. The average molecular weight is 208 g/mol. The van der Waals surface area contributed by atoms with E-state index in [2.05, 4.69) is 52.0 Å². The van der Waals surface area contributed by atoms with Gasteiger partial charge in [-0.1, -0.05) is 64.2 Å². The lowest BCUT2D eigenvalue weighted by molar-refractivity contribution is 0.793. The Hall–Kier alpha value is -0.690. The van der Waals surface area contributed by atoms with Crippen LogP contribution >= 0.6 is 12.2 Å².